The van der Waals surface area contributed by atoms with Crippen molar-refractivity contribution in [1.82, 2.24) is 9.66 Å². The number of nitro groups is 1. The zero-order valence-corrected chi connectivity index (χ0v) is 21.3. The molecule has 0 unspecified atom stereocenters. The van der Waals surface area contributed by atoms with Gasteiger partial charge in [0.05, 0.1) is 22.0 Å². The minimum atomic E-state index is -0.549. The molecule has 0 saturated carbocycles. The highest BCUT2D eigenvalue weighted by molar-refractivity contribution is 9.10. The number of rotatable bonds is 9. The largest absolute Gasteiger partial charge is 0.483 e. The van der Waals surface area contributed by atoms with Crippen LogP contribution in [0.2, 0.25) is 0 Å². The number of carbonyl (C=O) groups is 1. The lowest BCUT2D eigenvalue weighted by atomic mass is 10.2. The Morgan fingerprint density at radius 3 is 2.70 bits per heavy atom. The van der Waals surface area contributed by atoms with E-state index in [1.54, 1.807) is 42.5 Å². The van der Waals surface area contributed by atoms with E-state index < -0.39 is 10.8 Å². The van der Waals surface area contributed by atoms with Gasteiger partial charge in [-0.05, 0) is 42.8 Å². The Labute approximate surface area is 219 Å². The number of halogens is 1. The van der Waals surface area contributed by atoms with Crippen LogP contribution >= 0.6 is 15.9 Å². The molecule has 37 heavy (non-hydrogen) atoms. The second kappa shape index (κ2) is 11.6. The molecule has 0 saturated heterocycles. The maximum Gasteiger partial charge on any atom is 0.282 e. The zero-order chi connectivity index (χ0) is 26.4. The SMILES string of the molecule is CCCc1nc2ccc(Br)cc2c(=O)n1N=Cc1cc([N+](=O)[O-])ccc1OCC(=O)Nc1ccccc1. The van der Waals surface area contributed by atoms with Gasteiger partial charge in [0.15, 0.2) is 6.61 Å². The van der Waals surface area contributed by atoms with Crippen LogP contribution in [0.15, 0.2) is 81.1 Å². The van der Waals surface area contributed by atoms with Gasteiger partial charge in [-0.15, -0.1) is 0 Å². The van der Waals surface area contributed by atoms with Crippen LogP contribution in [0.25, 0.3) is 10.9 Å². The summed E-state index contributed by atoms with van der Waals surface area (Å²) >= 11 is 3.37. The number of carbonyl (C=O) groups excluding carboxylic acids is 1. The van der Waals surface area contributed by atoms with E-state index in [0.29, 0.717) is 28.8 Å². The molecule has 0 fully saturated rings. The molecule has 0 aliphatic rings. The third-order valence-corrected chi connectivity index (χ3v) is 5.78. The van der Waals surface area contributed by atoms with Crippen LogP contribution in [0, 0.1) is 10.1 Å². The third-order valence-electron chi connectivity index (χ3n) is 5.28. The molecule has 1 aromatic heterocycles. The van der Waals surface area contributed by atoms with Crippen molar-refractivity contribution in [3.05, 3.63) is 103 Å². The van der Waals surface area contributed by atoms with Crippen LogP contribution < -0.4 is 15.6 Å². The highest BCUT2D eigenvalue weighted by Gasteiger charge is 2.14. The molecule has 4 rings (SSSR count). The van der Waals surface area contributed by atoms with E-state index in [9.17, 15) is 19.7 Å². The molecular formula is C26H22BrN5O5. The quantitative estimate of drug-likeness (QED) is 0.175. The third kappa shape index (κ3) is 6.25. The average molecular weight is 564 g/mol. The maximum atomic E-state index is 13.2. The Morgan fingerprint density at radius 2 is 1.97 bits per heavy atom. The van der Waals surface area contributed by atoms with Crippen molar-refractivity contribution < 1.29 is 14.5 Å². The molecule has 3 aromatic carbocycles. The summed E-state index contributed by atoms with van der Waals surface area (Å²) in [4.78, 5) is 41.0. The Kier molecular flexibility index (Phi) is 8.04. The topological polar surface area (TPSA) is 129 Å². The second-order valence-electron chi connectivity index (χ2n) is 7.98. The molecule has 1 N–H and O–H groups in total. The summed E-state index contributed by atoms with van der Waals surface area (Å²) in [5.74, 6) is 0.242. The first kappa shape index (κ1) is 25.7. The first-order valence-electron chi connectivity index (χ1n) is 11.4. The van der Waals surface area contributed by atoms with Crippen LogP contribution in [0.1, 0.15) is 24.7 Å². The molecule has 0 spiro atoms. The second-order valence-corrected chi connectivity index (χ2v) is 8.90. The zero-order valence-electron chi connectivity index (χ0n) is 19.8. The van der Waals surface area contributed by atoms with E-state index in [0.717, 1.165) is 10.9 Å². The standard InChI is InChI=1S/C26H22BrN5O5/c1-2-6-24-30-22-11-9-18(27)14-21(22)26(34)31(24)28-15-17-13-20(32(35)36)10-12-23(17)37-16-25(33)29-19-7-4-3-5-8-19/h3-5,7-15H,2,6,16H2,1H3,(H,29,33). The molecule has 0 aliphatic carbocycles. The van der Waals surface area contributed by atoms with Gasteiger partial charge in [0.1, 0.15) is 11.6 Å². The molecule has 4 aromatic rings. The molecule has 188 valence electrons. The normalized spacial score (nSPS) is 11.1. The fraction of sp³-hybridized carbons (Fsp3) is 0.154. The smallest absolute Gasteiger partial charge is 0.282 e. The van der Waals surface area contributed by atoms with E-state index in [1.165, 1.54) is 29.1 Å². The number of benzene rings is 3. The number of nitrogens with one attached hydrogen (secondary N) is 1. The van der Waals surface area contributed by atoms with Gasteiger partial charge in [-0.25, -0.2) is 4.98 Å². The van der Waals surface area contributed by atoms with Crippen molar-refractivity contribution in [3.8, 4) is 5.75 Å². The summed E-state index contributed by atoms with van der Waals surface area (Å²) in [5.41, 5.74) is 0.822. The number of hydrogen-bond donors (Lipinski definition) is 1. The van der Waals surface area contributed by atoms with Gasteiger partial charge in [0, 0.05) is 34.3 Å². The number of anilines is 1. The summed E-state index contributed by atoms with van der Waals surface area (Å²) < 4.78 is 7.56. The minimum Gasteiger partial charge on any atom is -0.483 e. The lowest BCUT2D eigenvalue weighted by Crippen LogP contribution is -2.22. The van der Waals surface area contributed by atoms with Gasteiger partial charge < -0.3 is 10.1 Å². The lowest BCUT2D eigenvalue weighted by molar-refractivity contribution is -0.384. The fourth-order valence-corrected chi connectivity index (χ4v) is 3.92. The highest BCUT2D eigenvalue weighted by Crippen LogP contribution is 2.23. The fourth-order valence-electron chi connectivity index (χ4n) is 3.56. The van der Waals surface area contributed by atoms with Crippen molar-refractivity contribution in [3.63, 3.8) is 0 Å². The molecule has 10 nitrogen and oxygen atoms in total. The average Bonchev–Trinajstić information content (AvgIpc) is 2.88. The minimum absolute atomic E-state index is 0.191. The number of fused-ring (bicyclic) bond motifs is 1. The van der Waals surface area contributed by atoms with Crippen LogP contribution in [0.5, 0.6) is 5.75 Å². The van der Waals surface area contributed by atoms with Crippen LogP contribution in [0.4, 0.5) is 11.4 Å². The Balaban J connectivity index is 1.67. The van der Waals surface area contributed by atoms with Gasteiger partial charge in [-0.2, -0.15) is 9.78 Å². The van der Waals surface area contributed by atoms with E-state index in [-0.39, 0.29) is 29.2 Å². The molecule has 0 radical (unpaired) electrons. The number of amides is 1. The molecule has 1 heterocycles. The van der Waals surface area contributed by atoms with Crippen LogP contribution in [-0.2, 0) is 11.2 Å². The van der Waals surface area contributed by atoms with Gasteiger partial charge >= 0.3 is 0 Å². The van der Waals surface area contributed by atoms with Crippen molar-refractivity contribution in [2.24, 2.45) is 5.10 Å². The van der Waals surface area contributed by atoms with Crippen molar-refractivity contribution >= 4 is 50.3 Å². The molecule has 0 atom stereocenters. The van der Waals surface area contributed by atoms with Crippen LogP contribution in [-0.4, -0.2) is 33.3 Å². The van der Waals surface area contributed by atoms with Crippen molar-refractivity contribution in [2.45, 2.75) is 19.8 Å². The number of aryl methyl sites for hydroxylation is 1. The monoisotopic (exact) mass is 563 g/mol. The van der Waals surface area contributed by atoms with E-state index in [1.807, 2.05) is 13.0 Å². The maximum absolute atomic E-state index is 13.2. The number of nitro benzene ring substituents is 1. The predicted molar refractivity (Wildman–Crippen MR) is 144 cm³/mol. The molecule has 1 amide bonds. The summed E-state index contributed by atoms with van der Waals surface area (Å²) in [6.45, 7) is 1.62. The van der Waals surface area contributed by atoms with Crippen molar-refractivity contribution in [1.29, 1.82) is 0 Å². The first-order valence-corrected chi connectivity index (χ1v) is 12.2. The summed E-state index contributed by atoms with van der Waals surface area (Å²) in [5, 5.41) is 18.8. The number of para-hydroxylation sites is 1. The Hall–Kier alpha value is -4.38. The van der Waals surface area contributed by atoms with E-state index in [2.05, 4.69) is 31.3 Å². The number of ether oxygens (including phenoxy) is 1. The van der Waals surface area contributed by atoms with Crippen molar-refractivity contribution in [2.75, 3.05) is 11.9 Å². The summed E-state index contributed by atoms with van der Waals surface area (Å²) in [6, 6.07) is 18.0. The Bertz CT molecular complexity index is 1550. The van der Waals surface area contributed by atoms with E-state index >= 15 is 0 Å². The lowest BCUT2D eigenvalue weighted by Gasteiger charge is -2.11. The molecule has 0 bridgehead atoms. The predicted octanol–water partition coefficient (Wildman–Crippen LogP) is 4.92. The van der Waals surface area contributed by atoms with Gasteiger partial charge in [-0.3, -0.25) is 19.7 Å². The molecular weight excluding hydrogens is 542 g/mol. The Morgan fingerprint density at radius 1 is 1.19 bits per heavy atom. The van der Waals surface area contributed by atoms with Gasteiger partial charge in [0.25, 0.3) is 17.2 Å². The number of non-ortho nitro benzene ring substituents is 1. The first-order chi connectivity index (χ1) is 17.9. The summed E-state index contributed by atoms with van der Waals surface area (Å²) in [6.07, 6.45) is 2.52. The number of aromatic nitrogens is 2. The number of hydrogen-bond acceptors (Lipinski definition) is 7. The van der Waals surface area contributed by atoms with E-state index in [4.69, 9.17) is 4.74 Å². The van der Waals surface area contributed by atoms with Gasteiger partial charge in [-0.1, -0.05) is 41.1 Å². The van der Waals surface area contributed by atoms with Crippen LogP contribution in [0.3, 0.4) is 0 Å². The molecule has 11 heteroatoms. The number of nitrogens with zero attached hydrogens (tertiary/aromatic N) is 4. The summed E-state index contributed by atoms with van der Waals surface area (Å²) in [7, 11) is 0. The van der Waals surface area contributed by atoms with Gasteiger partial charge in [0.2, 0.25) is 0 Å². The highest BCUT2D eigenvalue weighted by atomic mass is 79.9. The molecule has 0 aliphatic heterocycles.